The molecular formula is C34H28O10. The summed E-state index contributed by atoms with van der Waals surface area (Å²) in [7, 11) is 0. The highest BCUT2D eigenvalue weighted by molar-refractivity contribution is 5.91. The van der Waals surface area contributed by atoms with E-state index in [9.17, 15) is 24.3 Å². The van der Waals surface area contributed by atoms with Crippen molar-refractivity contribution in [2.75, 3.05) is 6.61 Å². The van der Waals surface area contributed by atoms with E-state index in [1.165, 1.54) is 36.4 Å². The lowest BCUT2D eigenvalue weighted by Gasteiger charge is -2.28. The summed E-state index contributed by atoms with van der Waals surface area (Å²) in [5.41, 5.74) is 0.791. The van der Waals surface area contributed by atoms with Crippen molar-refractivity contribution in [3.63, 3.8) is 0 Å². The van der Waals surface area contributed by atoms with Crippen LogP contribution in [0.1, 0.15) is 41.4 Å². The number of ether oxygens (including phenoxy) is 5. The van der Waals surface area contributed by atoms with Crippen LogP contribution in [0.15, 0.2) is 121 Å². The lowest BCUT2D eigenvalue weighted by atomic mass is 10.0. The van der Waals surface area contributed by atoms with Crippen molar-refractivity contribution < 1.29 is 48.0 Å². The van der Waals surface area contributed by atoms with E-state index in [2.05, 4.69) is 0 Å². The van der Waals surface area contributed by atoms with Gasteiger partial charge < -0.3 is 28.8 Å². The van der Waals surface area contributed by atoms with Crippen molar-refractivity contribution in [2.24, 2.45) is 0 Å². The Morgan fingerprint density at radius 2 is 0.955 bits per heavy atom. The molecule has 10 nitrogen and oxygen atoms in total. The molecule has 1 aliphatic rings. The minimum atomic E-state index is -1.79. The Balaban J connectivity index is 1.45. The molecule has 5 rings (SSSR count). The maximum Gasteiger partial charge on any atom is 0.338 e. The van der Waals surface area contributed by atoms with Crippen molar-refractivity contribution in [2.45, 2.75) is 30.7 Å². The van der Waals surface area contributed by atoms with Crippen LogP contribution in [-0.4, -0.2) is 66.3 Å². The molecule has 1 aliphatic heterocycles. The monoisotopic (exact) mass is 596 g/mol. The zero-order valence-corrected chi connectivity index (χ0v) is 23.3. The first-order valence-electron chi connectivity index (χ1n) is 13.7. The van der Waals surface area contributed by atoms with Gasteiger partial charge in [-0.1, -0.05) is 72.8 Å². The van der Waals surface area contributed by atoms with Gasteiger partial charge in [0.2, 0.25) is 0 Å². The van der Waals surface area contributed by atoms with Gasteiger partial charge in [0.1, 0.15) is 12.7 Å². The summed E-state index contributed by atoms with van der Waals surface area (Å²) in [6.07, 6.45) is -7.61. The summed E-state index contributed by atoms with van der Waals surface area (Å²) in [5, 5.41) is 10.9. The molecule has 1 fully saturated rings. The Hall–Kier alpha value is -5.32. The smallest absolute Gasteiger partial charge is 0.338 e. The summed E-state index contributed by atoms with van der Waals surface area (Å²) in [6.45, 7) is -0.539. The molecule has 10 heteroatoms. The van der Waals surface area contributed by atoms with Crippen LogP contribution < -0.4 is 0 Å². The Kier molecular flexibility index (Phi) is 9.75. The van der Waals surface area contributed by atoms with E-state index in [1.54, 1.807) is 84.9 Å². The fourth-order valence-corrected chi connectivity index (χ4v) is 4.55. The molecule has 1 heterocycles. The maximum atomic E-state index is 13.2. The molecule has 4 aromatic rings. The topological polar surface area (TPSA) is 135 Å². The molecule has 0 aliphatic carbocycles. The van der Waals surface area contributed by atoms with Crippen LogP contribution in [-0.2, 0) is 23.7 Å². The lowest BCUT2D eigenvalue weighted by molar-refractivity contribution is -0.153. The molecule has 4 aromatic carbocycles. The molecule has 0 amide bonds. The summed E-state index contributed by atoms with van der Waals surface area (Å²) >= 11 is 0. The molecule has 224 valence electrons. The first-order valence-corrected chi connectivity index (χ1v) is 13.7. The summed E-state index contributed by atoms with van der Waals surface area (Å²) < 4.78 is 28.3. The molecule has 0 saturated carbocycles. The first-order chi connectivity index (χ1) is 21.4. The van der Waals surface area contributed by atoms with Gasteiger partial charge in [0.25, 0.3) is 0 Å². The lowest BCUT2D eigenvalue weighted by Crippen LogP contribution is -2.47. The Morgan fingerprint density at radius 3 is 1.41 bits per heavy atom. The van der Waals surface area contributed by atoms with Crippen molar-refractivity contribution in [1.29, 1.82) is 0 Å². The predicted molar refractivity (Wildman–Crippen MR) is 155 cm³/mol. The minimum absolute atomic E-state index is 0.175. The Morgan fingerprint density at radius 1 is 0.568 bits per heavy atom. The fourth-order valence-electron chi connectivity index (χ4n) is 4.55. The minimum Gasteiger partial charge on any atom is -0.458 e. The molecule has 1 saturated heterocycles. The third-order valence-electron chi connectivity index (χ3n) is 6.75. The van der Waals surface area contributed by atoms with Gasteiger partial charge in [-0.25, -0.2) is 19.2 Å². The Labute approximate surface area is 252 Å². The number of hydrogen-bond donors (Lipinski definition) is 1. The zero-order chi connectivity index (χ0) is 30.9. The van der Waals surface area contributed by atoms with Crippen LogP contribution in [0.5, 0.6) is 0 Å². The normalized spacial score (nSPS) is 19.8. The number of aliphatic hydroxyl groups excluding tert-OH is 1. The van der Waals surface area contributed by atoms with Gasteiger partial charge in [-0.2, -0.15) is 0 Å². The molecule has 0 aromatic heterocycles. The van der Waals surface area contributed by atoms with E-state index in [0.717, 1.165) is 0 Å². The van der Waals surface area contributed by atoms with Crippen molar-refractivity contribution in [1.82, 2.24) is 0 Å². The number of aliphatic hydroxyl groups is 1. The van der Waals surface area contributed by atoms with Gasteiger partial charge in [-0.05, 0) is 48.5 Å². The Bertz CT molecular complexity index is 1560. The molecule has 1 N–H and O–H groups in total. The summed E-state index contributed by atoms with van der Waals surface area (Å²) in [4.78, 5) is 52.1. The second kappa shape index (κ2) is 14.2. The molecule has 5 atom stereocenters. The first kappa shape index (κ1) is 30.1. The largest absolute Gasteiger partial charge is 0.458 e. The second-order valence-electron chi connectivity index (χ2n) is 9.74. The molecule has 0 spiro atoms. The molecule has 0 bridgehead atoms. The third-order valence-corrected chi connectivity index (χ3v) is 6.75. The highest BCUT2D eigenvalue weighted by Gasteiger charge is 2.53. The molecule has 0 radical (unpaired) electrons. The highest BCUT2D eigenvalue weighted by Crippen LogP contribution is 2.31. The van der Waals surface area contributed by atoms with Gasteiger partial charge >= 0.3 is 23.9 Å². The van der Waals surface area contributed by atoms with E-state index in [1.807, 2.05) is 0 Å². The second-order valence-corrected chi connectivity index (χ2v) is 9.74. The SMILES string of the molecule is O=C(OC[C@@H](OC(=O)c1ccccc1)[C@H]1O[C@H](O)[C@H](OC(=O)c2ccccc2)[C@H]1OC(=O)c1ccccc1)c1ccccc1. The van der Waals surface area contributed by atoms with E-state index in [0.29, 0.717) is 0 Å². The van der Waals surface area contributed by atoms with Gasteiger partial charge in [-0.15, -0.1) is 0 Å². The van der Waals surface area contributed by atoms with Crippen molar-refractivity contribution >= 4 is 23.9 Å². The standard InChI is InChI=1S/C34H28O10/c35-30(22-13-5-1-6-14-22)40-21-26(41-31(36)23-15-7-2-8-16-23)27-28(43-32(37)24-17-9-3-10-18-24)29(34(39)42-27)44-33(38)25-19-11-4-12-20-25/h1-20,26-29,34,39H,21H2/t26-,27-,28+,29-,34+/m1/s1. The molecular weight excluding hydrogens is 568 g/mol. The number of carbonyl (C=O) groups is 4. The summed E-state index contributed by atoms with van der Waals surface area (Å²) in [6, 6.07) is 32.2. The third kappa shape index (κ3) is 7.35. The quantitative estimate of drug-likeness (QED) is 0.209. The van der Waals surface area contributed by atoms with Crippen LogP contribution >= 0.6 is 0 Å². The highest BCUT2D eigenvalue weighted by atomic mass is 16.7. The van der Waals surface area contributed by atoms with Crippen LogP contribution in [0.4, 0.5) is 0 Å². The van der Waals surface area contributed by atoms with E-state index < -0.39 is 61.2 Å². The number of carbonyl (C=O) groups excluding carboxylic acids is 4. The number of rotatable bonds is 10. The maximum absolute atomic E-state index is 13.2. The van der Waals surface area contributed by atoms with E-state index in [4.69, 9.17) is 23.7 Å². The van der Waals surface area contributed by atoms with Crippen molar-refractivity contribution in [3.8, 4) is 0 Å². The van der Waals surface area contributed by atoms with Gasteiger partial charge in [0.15, 0.2) is 24.6 Å². The van der Waals surface area contributed by atoms with Crippen LogP contribution in [0.25, 0.3) is 0 Å². The van der Waals surface area contributed by atoms with Gasteiger partial charge in [0.05, 0.1) is 22.3 Å². The van der Waals surface area contributed by atoms with E-state index >= 15 is 0 Å². The molecule has 44 heavy (non-hydrogen) atoms. The van der Waals surface area contributed by atoms with Gasteiger partial charge in [0, 0.05) is 0 Å². The average Bonchev–Trinajstić information content (AvgIpc) is 3.37. The summed E-state index contributed by atoms with van der Waals surface area (Å²) in [5.74, 6) is -3.13. The van der Waals surface area contributed by atoms with Gasteiger partial charge in [-0.3, -0.25) is 0 Å². The average molecular weight is 597 g/mol. The van der Waals surface area contributed by atoms with Crippen molar-refractivity contribution in [3.05, 3.63) is 144 Å². The zero-order valence-electron chi connectivity index (χ0n) is 23.3. The number of hydrogen-bond acceptors (Lipinski definition) is 10. The number of benzene rings is 4. The predicted octanol–water partition coefficient (Wildman–Crippen LogP) is 4.24. The number of esters is 4. The van der Waals surface area contributed by atoms with E-state index in [-0.39, 0.29) is 22.3 Å². The van der Waals surface area contributed by atoms with Crippen LogP contribution in [0.3, 0.4) is 0 Å². The van der Waals surface area contributed by atoms with Crippen LogP contribution in [0.2, 0.25) is 0 Å². The molecule has 0 unspecified atom stereocenters. The fraction of sp³-hybridized carbons (Fsp3) is 0.176. The van der Waals surface area contributed by atoms with Crippen LogP contribution in [0, 0.1) is 0 Å².